The van der Waals surface area contributed by atoms with Gasteiger partial charge in [0.05, 0.1) is 0 Å². The van der Waals surface area contributed by atoms with E-state index in [4.69, 9.17) is 9.84 Å². The molecule has 0 bridgehead atoms. The van der Waals surface area contributed by atoms with Crippen LogP contribution in [-0.2, 0) is 4.79 Å². The third-order valence-corrected chi connectivity index (χ3v) is 2.76. The summed E-state index contributed by atoms with van der Waals surface area (Å²) >= 11 is 0. The van der Waals surface area contributed by atoms with Crippen molar-refractivity contribution in [3.8, 4) is 5.75 Å². The van der Waals surface area contributed by atoms with E-state index < -0.39 is 0 Å². The standard InChI is InChI=1S/C15H23NO3/c1-11-5-12(2)7-13(6-11)19-8-14(18)16-9-15(3,4)10-17/h5-7,17H,8-10H2,1-4H3,(H,16,18). The molecule has 1 amide bonds. The van der Waals surface area contributed by atoms with Crippen molar-refractivity contribution in [1.82, 2.24) is 5.32 Å². The van der Waals surface area contributed by atoms with Crippen molar-refractivity contribution >= 4 is 5.91 Å². The minimum atomic E-state index is -0.310. The average Bonchev–Trinajstić information content (AvgIpc) is 2.33. The highest BCUT2D eigenvalue weighted by molar-refractivity contribution is 5.77. The van der Waals surface area contributed by atoms with Crippen LogP contribution >= 0.6 is 0 Å². The van der Waals surface area contributed by atoms with Crippen molar-refractivity contribution < 1.29 is 14.6 Å². The third-order valence-electron chi connectivity index (χ3n) is 2.76. The molecule has 1 aromatic carbocycles. The predicted molar refractivity (Wildman–Crippen MR) is 75.3 cm³/mol. The molecule has 0 aliphatic heterocycles. The van der Waals surface area contributed by atoms with Crippen molar-refractivity contribution in [1.29, 1.82) is 0 Å². The Bertz CT molecular complexity index is 421. The molecule has 0 unspecified atom stereocenters. The topological polar surface area (TPSA) is 58.6 Å². The minimum Gasteiger partial charge on any atom is -0.484 e. The van der Waals surface area contributed by atoms with Crippen LogP contribution in [0.2, 0.25) is 0 Å². The van der Waals surface area contributed by atoms with Gasteiger partial charge < -0.3 is 15.2 Å². The fraction of sp³-hybridized carbons (Fsp3) is 0.533. The maximum Gasteiger partial charge on any atom is 0.257 e. The van der Waals surface area contributed by atoms with Gasteiger partial charge in [-0.1, -0.05) is 19.9 Å². The molecule has 4 nitrogen and oxygen atoms in total. The van der Waals surface area contributed by atoms with Gasteiger partial charge in [-0.2, -0.15) is 0 Å². The van der Waals surface area contributed by atoms with Crippen LogP contribution in [0.5, 0.6) is 5.75 Å². The Morgan fingerprint density at radius 1 is 1.26 bits per heavy atom. The second kappa shape index (κ2) is 6.57. The number of aryl methyl sites for hydroxylation is 2. The zero-order valence-electron chi connectivity index (χ0n) is 12.1. The van der Waals surface area contributed by atoms with Crippen LogP contribution in [0, 0.1) is 19.3 Å². The SMILES string of the molecule is Cc1cc(C)cc(OCC(=O)NCC(C)(C)CO)c1. The van der Waals surface area contributed by atoms with Gasteiger partial charge in [-0.3, -0.25) is 4.79 Å². The maximum atomic E-state index is 11.6. The molecule has 1 rings (SSSR count). The number of amides is 1. The monoisotopic (exact) mass is 265 g/mol. The molecule has 0 heterocycles. The summed E-state index contributed by atoms with van der Waals surface area (Å²) in [6.45, 7) is 8.21. The van der Waals surface area contributed by atoms with E-state index in [2.05, 4.69) is 11.4 Å². The molecule has 0 saturated carbocycles. The second-order valence-corrected chi connectivity index (χ2v) is 5.71. The van der Waals surface area contributed by atoms with E-state index in [1.807, 2.05) is 39.8 Å². The number of hydrogen-bond donors (Lipinski definition) is 2. The molecule has 0 radical (unpaired) electrons. The molecular weight excluding hydrogens is 242 g/mol. The molecule has 19 heavy (non-hydrogen) atoms. The Labute approximate surface area is 114 Å². The van der Waals surface area contributed by atoms with E-state index in [1.165, 1.54) is 0 Å². The normalized spacial score (nSPS) is 11.2. The first-order valence-electron chi connectivity index (χ1n) is 6.41. The summed E-state index contributed by atoms with van der Waals surface area (Å²) in [5.41, 5.74) is 1.91. The van der Waals surface area contributed by atoms with Gasteiger partial charge in [0, 0.05) is 18.6 Å². The fourth-order valence-corrected chi connectivity index (χ4v) is 1.61. The lowest BCUT2D eigenvalue weighted by Crippen LogP contribution is -2.38. The lowest BCUT2D eigenvalue weighted by atomic mass is 9.95. The van der Waals surface area contributed by atoms with Crippen LogP contribution in [0.1, 0.15) is 25.0 Å². The Balaban J connectivity index is 2.42. The van der Waals surface area contributed by atoms with E-state index in [-0.39, 0.29) is 24.5 Å². The number of nitrogens with one attached hydrogen (secondary N) is 1. The Kier molecular flexibility index (Phi) is 5.36. The summed E-state index contributed by atoms with van der Waals surface area (Å²) < 4.78 is 5.45. The van der Waals surface area contributed by atoms with Crippen LogP contribution < -0.4 is 10.1 Å². The number of aliphatic hydroxyl groups excluding tert-OH is 1. The maximum absolute atomic E-state index is 11.6. The van der Waals surface area contributed by atoms with E-state index >= 15 is 0 Å². The average molecular weight is 265 g/mol. The van der Waals surface area contributed by atoms with Crippen molar-refractivity contribution in [2.75, 3.05) is 19.8 Å². The van der Waals surface area contributed by atoms with Crippen molar-refractivity contribution in [3.05, 3.63) is 29.3 Å². The zero-order chi connectivity index (χ0) is 14.5. The Hall–Kier alpha value is -1.55. The van der Waals surface area contributed by atoms with Gasteiger partial charge >= 0.3 is 0 Å². The highest BCUT2D eigenvalue weighted by Gasteiger charge is 2.17. The van der Waals surface area contributed by atoms with Gasteiger partial charge in [-0.05, 0) is 37.1 Å². The summed E-state index contributed by atoms with van der Waals surface area (Å²) in [5, 5.41) is 11.8. The number of carbonyl (C=O) groups is 1. The third kappa shape index (κ3) is 5.75. The van der Waals surface area contributed by atoms with Crippen LogP contribution in [0.25, 0.3) is 0 Å². The van der Waals surface area contributed by atoms with Gasteiger partial charge in [0.1, 0.15) is 5.75 Å². The summed E-state index contributed by atoms with van der Waals surface area (Å²) in [6.07, 6.45) is 0. The fourth-order valence-electron chi connectivity index (χ4n) is 1.61. The molecule has 0 saturated heterocycles. The Morgan fingerprint density at radius 2 is 1.84 bits per heavy atom. The zero-order valence-corrected chi connectivity index (χ0v) is 12.1. The molecule has 0 aliphatic carbocycles. The van der Waals surface area contributed by atoms with Crippen molar-refractivity contribution in [3.63, 3.8) is 0 Å². The molecule has 0 fully saturated rings. The largest absolute Gasteiger partial charge is 0.484 e. The van der Waals surface area contributed by atoms with E-state index in [0.29, 0.717) is 12.3 Å². The molecule has 4 heteroatoms. The van der Waals surface area contributed by atoms with Crippen LogP contribution in [-0.4, -0.2) is 30.8 Å². The first kappa shape index (κ1) is 15.5. The molecule has 2 N–H and O–H groups in total. The number of hydrogen-bond acceptors (Lipinski definition) is 3. The minimum absolute atomic E-state index is 0.00952. The molecular formula is C15H23NO3. The second-order valence-electron chi connectivity index (χ2n) is 5.71. The quantitative estimate of drug-likeness (QED) is 0.825. The molecule has 1 aromatic rings. The molecule has 0 spiro atoms. The summed E-state index contributed by atoms with van der Waals surface area (Å²) in [7, 11) is 0. The van der Waals surface area contributed by atoms with Crippen LogP contribution in [0.4, 0.5) is 0 Å². The Morgan fingerprint density at radius 3 is 2.37 bits per heavy atom. The van der Waals surface area contributed by atoms with Crippen LogP contribution in [0.15, 0.2) is 18.2 Å². The summed E-state index contributed by atoms with van der Waals surface area (Å²) in [6, 6.07) is 5.85. The van der Waals surface area contributed by atoms with E-state index in [0.717, 1.165) is 11.1 Å². The summed E-state index contributed by atoms with van der Waals surface area (Å²) in [5.74, 6) is 0.523. The number of aliphatic hydroxyl groups is 1. The smallest absolute Gasteiger partial charge is 0.257 e. The van der Waals surface area contributed by atoms with Gasteiger partial charge in [-0.15, -0.1) is 0 Å². The van der Waals surface area contributed by atoms with Gasteiger partial charge in [-0.25, -0.2) is 0 Å². The van der Waals surface area contributed by atoms with E-state index in [9.17, 15) is 4.79 Å². The van der Waals surface area contributed by atoms with E-state index in [1.54, 1.807) is 0 Å². The van der Waals surface area contributed by atoms with Gasteiger partial charge in [0.25, 0.3) is 5.91 Å². The van der Waals surface area contributed by atoms with Crippen LogP contribution in [0.3, 0.4) is 0 Å². The first-order valence-corrected chi connectivity index (χ1v) is 6.41. The van der Waals surface area contributed by atoms with Crippen molar-refractivity contribution in [2.45, 2.75) is 27.7 Å². The van der Waals surface area contributed by atoms with Gasteiger partial charge in [0.15, 0.2) is 6.61 Å². The number of carbonyl (C=O) groups excluding carboxylic acids is 1. The molecule has 0 aromatic heterocycles. The van der Waals surface area contributed by atoms with Gasteiger partial charge in [0.2, 0.25) is 0 Å². The number of ether oxygens (including phenoxy) is 1. The predicted octanol–water partition coefficient (Wildman–Crippen LogP) is 1.82. The first-order chi connectivity index (χ1) is 8.82. The summed E-state index contributed by atoms with van der Waals surface area (Å²) in [4.78, 5) is 11.6. The molecule has 0 atom stereocenters. The van der Waals surface area contributed by atoms with Crippen molar-refractivity contribution in [2.24, 2.45) is 5.41 Å². The number of rotatable bonds is 6. The molecule has 0 aliphatic rings. The highest BCUT2D eigenvalue weighted by Crippen LogP contribution is 2.16. The highest BCUT2D eigenvalue weighted by atomic mass is 16.5. The molecule has 106 valence electrons. The lowest BCUT2D eigenvalue weighted by molar-refractivity contribution is -0.123. The number of benzene rings is 1. The lowest BCUT2D eigenvalue weighted by Gasteiger charge is -2.21.